The lowest BCUT2D eigenvalue weighted by molar-refractivity contribution is 0.304. The van der Waals surface area contributed by atoms with Gasteiger partial charge in [-0.15, -0.1) is 11.6 Å². The minimum atomic E-state index is -0.229. The topological polar surface area (TPSA) is 56.5 Å². The number of benzene rings is 1. The van der Waals surface area contributed by atoms with E-state index in [0.29, 0.717) is 22.3 Å². The predicted octanol–water partition coefficient (Wildman–Crippen LogP) is 2.47. The summed E-state index contributed by atoms with van der Waals surface area (Å²) in [5.74, 6) is 0.966. The molecule has 0 fully saturated rings. The van der Waals surface area contributed by atoms with E-state index >= 15 is 0 Å². The van der Waals surface area contributed by atoms with Crippen LogP contribution < -0.4 is 10.3 Å². The molecule has 0 unspecified atom stereocenters. The van der Waals surface area contributed by atoms with Crippen molar-refractivity contribution in [2.45, 2.75) is 12.5 Å². The van der Waals surface area contributed by atoms with Crippen LogP contribution in [0.15, 0.2) is 41.2 Å². The Bertz CT molecular complexity index is 785. The molecule has 7 heteroatoms. The van der Waals surface area contributed by atoms with Gasteiger partial charge >= 0.3 is 0 Å². The molecule has 3 rings (SSSR count). The Morgan fingerprint density at radius 3 is 2.85 bits per heavy atom. The molecule has 0 bridgehead atoms. The molecule has 0 saturated carbocycles. The fourth-order valence-corrected chi connectivity index (χ4v) is 2.65. The van der Waals surface area contributed by atoms with E-state index in [2.05, 4.69) is 10.1 Å². The van der Waals surface area contributed by atoms with E-state index in [4.69, 9.17) is 16.3 Å². The summed E-state index contributed by atoms with van der Waals surface area (Å²) in [7, 11) is 0. The molecule has 2 heterocycles. The number of ether oxygens (including phenoxy) is 1. The Morgan fingerprint density at radius 2 is 2.10 bits per heavy atom. The largest absolute Gasteiger partial charge is 0.486 e. The number of rotatable bonds is 4. The van der Waals surface area contributed by atoms with Crippen LogP contribution in [0, 0.1) is 0 Å². The molecule has 5 nitrogen and oxygen atoms in total. The third-order valence-corrected chi connectivity index (χ3v) is 3.74. The Morgan fingerprint density at radius 1 is 1.30 bits per heavy atom. The van der Waals surface area contributed by atoms with Crippen LogP contribution in [-0.2, 0) is 12.5 Å². The van der Waals surface area contributed by atoms with Crippen molar-refractivity contribution in [2.75, 3.05) is 0 Å². The van der Waals surface area contributed by atoms with Crippen molar-refractivity contribution in [3.05, 3.63) is 57.5 Å². The van der Waals surface area contributed by atoms with Crippen molar-refractivity contribution in [3.8, 4) is 5.75 Å². The molecule has 0 atom stereocenters. The summed E-state index contributed by atoms with van der Waals surface area (Å²) in [4.78, 5) is 16.6. The minimum Gasteiger partial charge on any atom is -0.486 e. The number of para-hydroxylation sites is 1. The average molecular weight is 308 g/mol. The molecule has 0 saturated heterocycles. The van der Waals surface area contributed by atoms with Crippen molar-refractivity contribution in [1.82, 2.24) is 14.6 Å². The second-order valence-corrected chi connectivity index (χ2v) is 5.32. The van der Waals surface area contributed by atoms with Gasteiger partial charge in [0, 0.05) is 6.07 Å². The lowest BCUT2D eigenvalue weighted by atomic mass is 10.3. The molecule has 20 heavy (non-hydrogen) atoms. The highest BCUT2D eigenvalue weighted by molar-refractivity contribution is 7.16. The zero-order chi connectivity index (χ0) is 13.9. The molecule has 1 aromatic carbocycles. The van der Waals surface area contributed by atoms with Gasteiger partial charge in [-0.3, -0.25) is 4.79 Å². The SMILES string of the molecule is O=c1cc(CCl)nc2sc(COc3ccccc3)nn12. The van der Waals surface area contributed by atoms with E-state index < -0.39 is 0 Å². The minimum absolute atomic E-state index is 0.208. The molecular formula is C13H10ClN3O2S. The monoisotopic (exact) mass is 307 g/mol. The summed E-state index contributed by atoms with van der Waals surface area (Å²) in [5, 5.41) is 4.88. The lowest BCUT2D eigenvalue weighted by Gasteiger charge is -2.01. The Labute approximate surface area is 123 Å². The van der Waals surface area contributed by atoms with Crippen LogP contribution in [0.1, 0.15) is 10.7 Å². The van der Waals surface area contributed by atoms with E-state index in [-0.39, 0.29) is 11.4 Å². The molecule has 0 spiro atoms. The van der Waals surface area contributed by atoms with Gasteiger partial charge in [0.05, 0.1) is 11.6 Å². The lowest BCUT2D eigenvalue weighted by Crippen LogP contribution is -2.15. The van der Waals surface area contributed by atoms with Crippen LogP contribution in [0.4, 0.5) is 0 Å². The van der Waals surface area contributed by atoms with Crippen LogP contribution in [0.25, 0.3) is 4.96 Å². The average Bonchev–Trinajstić information content (AvgIpc) is 2.89. The molecule has 0 amide bonds. The summed E-state index contributed by atoms with van der Waals surface area (Å²) in [6.45, 7) is 0.299. The zero-order valence-electron chi connectivity index (χ0n) is 10.3. The summed E-state index contributed by atoms with van der Waals surface area (Å²) in [6, 6.07) is 10.8. The molecule has 2 aromatic heterocycles. The van der Waals surface area contributed by atoms with Gasteiger partial charge in [0.15, 0.2) is 5.01 Å². The van der Waals surface area contributed by atoms with Gasteiger partial charge in [-0.25, -0.2) is 4.98 Å². The second kappa shape index (κ2) is 5.60. The maximum Gasteiger partial charge on any atom is 0.275 e. The third-order valence-electron chi connectivity index (χ3n) is 2.58. The first-order chi connectivity index (χ1) is 9.76. The van der Waals surface area contributed by atoms with Crippen LogP contribution in [0.5, 0.6) is 5.75 Å². The summed E-state index contributed by atoms with van der Waals surface area (Å²) < 4.78 is 6.86. The summed E-state index contributed by atoms with van der Waals surface area (Å²) in [5.41, 5.74) is 0.323. The molecule has 0 aliphatic heterocycles. The van der Waals surface area contributed by atoms with Crippen LogP contribution in [-0.4, -0.2) is 14.6 Å². The first-order valence-electron chi connectivity index (χ1n) is 5.89. The van der Waals surface area contributed by atoms with Crippen LogP contribution in [0.3, 0.4) is 0 Å². The zero-order valence-corrected chi connectivity index (χ0v) is 11.9. The quantitative estimate of drug-likeness (QED) is 0.695. The molecule has 3 aromatic rings. The van der Waals surface area contributed by atoms with E-state index in [0.717, 1.165) is 5.75 Å². The Balaban J connectivity index is 1.86. The standard InChI is InChI=1S/C13H10ClN3O2S/c14-7-9-6-12(18)17-13(15-9)20-11(16-17)8-19-10-4-2-1-3-5-10/h1-6H,7-8H2. The van der Waals surface area contributed by atoms with Gasteiger partial charge in [0.25, 0.3) is 5.56 Å². The summed E-state index contributed by atoms with van der Waals surface area (Å²) >= 11 is 7.01. The smallest absolute Gasteiger partial charge is 0.275 e. The number of nitrogens with zero attached hydrogens (tertiary/aromatic N) is 3. The fourth-order valence-electron chi connectivity index (χ4n) is 1.68. The van der Waals surface area contributed by atoms with Gasteiger partial charge in [0.1, 0.15) is 12.4 Å². The Kier molecular flexibility index (Phi) is 3.66. The number of fused-ring (bicyclic) bond motifs is 1. The van der Waals surface area contributed by atoms with Gasteiger partial charge in [0.2, 0.25) is 4.96 Å². The number of alkyl halides is 1. The van der Waals surface area contributed by atoms with E-state index in [1.807, 2.05) is 30.3 Å². The second-order valence-electron chi connectivity index (χ2n) is 4.01. The van der Waals surface area contributed by atoms with Crippen LogP contribution >= 0.6 is 22.9 Å². The molecule has 0 N–H and O–H groups in total. The van der Waals surface area contributed by atoms with Crippen LogP contribution in [0.2, 0.25) is 0 Å². The molecule has 0 aliphatic carbocycles. The third kappa shape index (κ3) is 2.66. The molecule has 0 radical (unpaired) electrons. The highest BCUT2D eigenvalue weighted by atomic mass is 35.5. The normalized spacial score (nSPS) is 10.8. The Hall–Kier alpha value is -1.92. The van der Waals surface area contributed by atoms with E-state index in [1.54, 1.807) is 0 Å². The number of halogens is 1. The van der Waals surface area contributed by atoms with E-state index in [9.17, 15) is 4.79 Å². The maximum atomic E-state index is 11.8. The van der Waals surface area contributed by atoms with Crippen molar-refractivity contribution in [3.63, 3.8) is 0 Å². The first-order valence-corrected chi connectivity index (χ1v) is 7.24. The van der Waals surface area contributed by atoms with Gasteiger partial charge in [-0.1, -0.05) is 29.5 Å². The first kappa shape index (κ1) is 13.1. The number of hydrogen-bond donors (Lipinski definition) is 0. The predicted molar refractivity (Wildman–Crippen MR) is 77.5 cm³/mol. The number of aromatic nitrogens is 3. The van der Waals surface area contributed by atoms with Gasteiger partial charge in [-0.2, -0.15) is 9.61 Å². The van der Waals surface area contributed by atoms with Crippen molar-refractivity contribution < 1.29 is 4.74 Å². The van der Waals surface area contributed by atoms with Gasteiger partial charge < -0.3 is 4.74 Å². The molecule has 102 valence electrons. The van der Waals surface area contributed by atoms with E-state index in [1.165, 1.54) is 21.9 Å². The van der Waals surface area contributed by atoms with Crippen molar-refractivity contribution >= 4 is 27.9 Å². The van der Waals surface area contributed by atoms with Gasteiger partial charge in [-0.05, 0) is 12.1 Å². The molecular weight excluding hydrogens is 298 g/mol. The highest BCUT2D eigenvalue weighted by Gasteiger charge is 2.09. The van der Waals surface area contributed by atoms with Crippen molar-refractivity contribution in [2.24, 2.45) is 0 Å². The maximum absolute atomic E-state index is 11.8. The number of hydrogen-bond acceptors (Lipinski definition) is 5. The fraction of sp³-hybridized carbons (Fsp3) is 0.154. The molecule has 0 aliphatic rings. The van der Waals surface area contributed by atoms with Crippen molar-refractivity contribution in [1.29, 1.82) is 0 Å². The summed E-state index contributed by atoms with van der Waals surface area (Å²) in [6.07, 6.45) is 0. The highest BCUT2D eigenvalue weighted by Crippen LogP contribution is 2.16.